The van der Waals surface area contributed by atoms with Crippen molar-refractivity contribution in [2.45, 2.75) is 26.8 Å². The summed E-state index contributed by atoms with van der Waals surface area (Å²) < 4.78 is 8.95. The van der Waals surface area contributed by atoms with E-state index in [9.17, 15) is 4.79 Å². The zero-order chi connectivity index (χ0) is 16.6. The highest BCUT2D eigenvalue weighted by atomic mass is 16.5. The van der Waals surface area contributed by atoms with Gasteiger partial charge >= 0.3 is 5.97 Å². The average Bonchev–Trinajstić information content (AvgIpc) is 3.11. The number of esters is 1. The highest BCUT2D eigenvalue weighted by molar-refractivity contribution is 6.09. The Morgan fingerprint density at radius 2 is 2.13 bits per heavy atom. The Kier molecular flexibility index (Phi) is 3.94. The van der Waals surface area contributed by atoms with Crippen molar-refractivity contribution < 1.29 is 9.53 Å². The van der Waals surface area contributed by atoms with Crippen LogP contribution < -0.4 is 0 Å². The van der Waals surface area contributed by atoms with E-state index in [1.54, 1.807) is 0 Å². The lowest BCUT2D eigenvalue weighted by Gasteiger charge is -2.05. The van der Waals surface area contributed by atoms with Crippen LogP contribution in [0.2, 0.25) is 0 Å². The van der Waals surface area contributed by atoms with Gasteiger partial charge in [-0.05, 0) is 13.3 Å². The highest BCUT2D eigenvalue weighted by Gasteiger charge is 2.21. The summed E-state index contributed by atoms with van der Waals surface area (Å²) in [7, 11) is 3.39. The van der Waals surface area contributed by atoms with Crippen molar-refractivity contribution in [2.75, 3.05) is 7.11 Å². The predicted octanol–water partition coefficient (Wildman–Crippen LogP) is 3.55. The second-order valence-electron chi connectivity index (χ2n) is 5.70. The zero-order valence-corrected chi connectivity index (χ0v) is 14.0. The van der Waals surface area contributed by atoms with Gasteiger partial charge in [-0.3, -0.25) is 4.68 Å². The van der Waals surface area contributed by atoms with Gasteiger partial charge in [0.25, 0.3) is 0 Å². The molecule has 0 amide bonds. The van der Waals surface area contributed by atoms with Gasteiger partial charge in [0.15, 0.2) is 0 Å². The molecule has 23 heavy (non-hydrogen) atoms. The normalized spacial score (nSPS) is 11.1. The summed E-state index contributed by atoms with van der Waals surface area (Å²) in [6, 6.07) is 6.01. The monoisotopic (exact) mass is 311 g/mol. The molecule has 0 aliphatic carbocycles. The molecule has 2 aromatic heterocycles. The lowest BCUT2D eigenvalue weighted by Crippen LogP contribution is -2.03. The fourth-order valence-corrected chi connectivity index (χ4v) is 3.08. The summed E-state index contributed by atoms with van der Waals surface area (Å²) in [4.78, 5) is 12.1. The third kappa shape index (κ3) is 2.42. The maximum atomic E-state index is 12.1. The molecule has 0 saturated carbocycles. The van der Waals surface area contributed by atoms with Crippen LogP contribution in [0.3, 0.4) is 0 Å². The van der Waals surface area contributed by atoms with Gasteiger partial charge in [0.1, 0.15) is 0 Å². The van der Waals surface area contributed by atoms with Crippen LogP contribution in [0.1, 0.15) is 29.4 Å². The first-order chi connectivity index (χ1) is 11.1. The Morgan fingerprint density at radius 1 is 1.35 bits per heavy atom. The van der Waals surface area contributed by atoms with Gasteiger partial charge in [-0.25, -0.2) is 4.79 Å². The Labute approximate surface area is 135 Å². The molecule has 0 unspecified atom stereocenters. The highest BCUT2D eigenvalue weighted by Crippen LogP contribution is 2.33. The van der Waals surface area contributed by atoms with Crippen molar-refractivity contribution >= 4 is 16.9 Å². The molecular weight excluding hydrogens is 290 g/mol. The van der Waals surface area contributed by atoms with Crippen LogP contribution in [0.4, 0.5) is 0 Å². The maximum Gasteiger partial charge on any atom is 0.340 e. The van der Waals surface area contributed by atoms with Crippen molar-refractivity contribution in [3.63, 3.8) is 0 Å². The summed E-state index contributed by atoms with van der Waals surface area (Å²) in [5, 5.41) is 5.33. The molecule has 0 bridgehead atoms. The second-order valence-corrected chi connectivity index (χ2v) is 5.70. The molecule has 5 nitrogen and oxygen atoms in total. The summed E-state index contributed by atoms with van der Waals surface area (Å²) >= 11 is 0. The third-order valence-electron chi connectivity index (χ3n) is 4.29. The van der Waals surface area contributed by atoms with Crippen LogP contribution in [0.5, 0.6) is 0 Å². The van der Waals surface area contributed by atoms with Crippen molar-refractivity contribution in [1.82, 2.24) is 14.3 Å². The third-order valence-corrected chi connectivity index (χ3v) is 4.29. The number of carbonyl (C=O) groups excluding carboxylic acids is 1. The van der Waals surface area contributed by atoms with Gasteiger partial charge in [-0.1, -0.05) is 25.1 Å². The van der Waals surface area contributed by atoms with E-state index in [-0.39, 0.29) is 5.97 Å². The SMILES string of the molecule is CCCn1cc(-c2cccc3c(C(=O)OC)c(C)n(C)c23)cn1. The number of ether oxygens (including phenoxy) is 1. The molecule has 3 rings (SSSR count). The smallest absolute Gasteiger partial charge is 0.340 e. The topological polar surface area (TPSA) is 49.0 Å². The van der Waals surface area contributed by atoms with Crippen molar-refractivity contribution in [3.8, 4) is 11.1 Å². The summed E-state index contributed by atoms with van der Waals surface area (Å²) in [5.41, 5.74) is 4.70. The molecule has 1 aromatic carbocycles. The number of benzene rings is 1. The molecule has 0 radical (unpaired) electrons. The standard InChI is InChI=1S/C18H21N3O2/c1-5-9-21-11-13(10-19-21)14-7-6-8-15-16(18(22)23-4)12(2)20(3)17(14)15/h6-8,10-11H,5,9H2,1-4H3. The molecular formula is C18H21N3O2. The molecule has 0 N–H and O–H groups in total. The van der Waals surface area contributed by atoms with E-state index >= 15 is 0 Å². The number of methoxy groups -OCH3 is 1. The Balaban J connectivity index is 2.24. The number of aryl methyl sites for hydroxylation is 2. The lowest BCUT2D eigenvalue weighted by molar-refractivity contribution is 0.0602. The summed E-state index contributed by atoms with van der Waals surface area (Å²) in [6.07, 6.45) is 4.98. The first-order valence-corrected chi connectivity index (χ1v) is 7.77. The van der Waals surface area contributed by atoms with Crippen molar-refractivity contribution in [2.24, 2.45) is 7.05 Å². The molecule has 2 heterocycles. The molecule has 5 heteroatoms. The quantitative estimate of drug-likeness (QED) is 0.692. The molecule has 0 spiro atoms. The van der Waals surface area contributed by atoms with Crippen LogP contribution in [0.15, 0.2) is 30.6 Å². The van der Waals surface area contributed by atoms with E-state index in [4.69, 9.17) is 4.74 Å². The maximum absolute atomic E-state index is 12.1. The first-order valence-electron chi connectivity index (χ1n) is 7.77. The van der Waals surface area contributed by atoms with Crippen LogP contribution in [-0.4, -0.2) is 27.4 Å². The minimum absolute atomic E-state index is 0.299. The number of para-hydroxylation sites is 1. The van der Waals surface area contributed by atoms with Gasteiger partial charge in [-0.2, -0.15) is 5.10 Å². The largest absolute Gasteiger partial charge is 0.465 e. The lowest BCUT2D eigenvalue weighted by atomic mass is 10.0. The molecule has 0 saturated heterocycles. The second kappa shape index (κ2) is 5.91. The van der Waals surface area contributed by atoms with Gasteiger partial charge in [0.2, 0.25) is 0 Å². The molecule has 0 atom stereocenters. The first kappa shape index (κ1) is 15.3. The Hall–Kier alpha value is -2.56. The van der Waals surface area contributed by atoms with Crippen molar-refractivity contribution in [3.05, 3.63) is 41.9 Å². The number of nitrogens with zero attached hydrogens (tertiary/aromatic N) is 3. The van der Waals surface area contributed by atoms with E-state index in [2.05, 4.69) is 24.3 Å². The number of aromatic nitrogens is 3. The van der Waals surface area contributed by atoms with E-state index in [0.717, 1.165) is 40.7 Å². The van der Waals surface area contributed by atoms with Gasteiger partial charge in [0, 0.05) is 42.0 Å². The van der Waals surface area contributed by atoms with Crippen LogP contribution in [-0.2, 0) is 18.3 Å². The number of fused-ring (bicyclic) bond motifs is 1. The molecule has 3 aromatic rings. The summed E-state index contributed by atoms with van der Waals surface area (Å²) in [6.45, 7) is 4.97. The molecule has 0 aliphatic heterocycles. The van der Waals surface area contributed by atoms with Crippen LogP contribution >= 0.6 is 0 Å². The molecule has 0 fully saturated rings. The Morgan fingerprint density at radius 3 is 2.83 bits per heavy atom. The predicted molar refractivity (Wildman–Crippen MR) is 90.5 cm³/mol. The van der Waals surface area contributed by atoms with E-state index in [0.29, 0.717) is 5.56 Å². The van der Waals surface area contributed by atoms with E-state index < -0.39 is 0 Å². The van der Waals surface area contributed by atoms with Gasteiger partial charge < -0.3 is 9.30 Å². The van der Waals surface area contributed by atoms with E-state index in [1.165, 1.54) is 7.11 Å². The fourth-order valence-electron chi connectivity index (χ4n) is 3.08. The van der Waals surface area contributed by atoms with E-state index in [1.807, 2.05) is 41.5 Å². The van der Waals surface area contributed by atoms with Gasteiger partial charge in [-0.15, -0.1) is 0 Å². The van der Waals surface area contributed by atoms with Crippen LogP contribution in [0, 0.1) is 6.92 Å². The minimum Gasteiger partial charge on any atom is -0.465 e. The van der Waals surface area contributed by atoms with Gasteiger partial charge in [0.05, 0.1) is 24.4 Å². The number of hydrogen-bond acceptors (Lipinski definition) is 3. The average molecular weight is 311 g/mol. The van der Waals surface area contributed by atoms with Crippen LogP contribution in [0.25, 0.3) is 22.0 Å². The molecule has 0 aliphatic rings. The van der Waals surface area contributed by atoms with Crippen molar-refractivity contribution in [1.29, 1.82) is 0 Å². The fraction of sp³-hybridized carbons (Fsp3) is 0.333. The Bertz CT molecular complexity index is 874. The number of rotatable bonds is 4. The number of hydrogen-bond donors (Lipinski definition) is 0. The summed E-state index contributed by atoms with van der Waals surface area (Å²) in [5.74, 6) is -0.299. The minimum atomic E-state index is -0.299. The molecule has 120 valence electrons. The number of carbonyl (C=O) groups is 1. The zero-order valence-electron chi connectivity index (χ0n) is 14.0.